The van der Waals surface area contributed by atoms with Crippen LogP contribution in [-0.4, -0.2) is 88.3 Å². The topological polar surface area (TPSA) is 185 Å². The summed E-state index contributed by atoms with van der Waals surface area (Å²) in [5.41, 5.74) is -0.530. The van der Waals surface area contributed by atoms with E-state index in [9.17, 15) is 29.1 Å². The van der Waals surface area contributed by atoms with Crippen LogP contribution in [0.4, 0.5) is 9.80 Å². The van der Waals surface area contributed by atoms with Crippen molar-refractivity contribution >= 4 is 73.0 Å². The van der Waals surface area contributed by atoms with Crippen molar-refractivity contribution < 1.29 is 43.3 Å². The predicted octanol–water partition coefficient (Wildman–Crippen LogP) is 6.91. The molecule has 2 aliphatic carbocycles. The SMILES string of the molecule is C=CC1C[C@]1(NC(=O)[C@@H]1C[C@@H](Oc2cc(-c3csc(NC(=O)C(C)C)c3)nc3c(Br)c(OC)ccc23)CN1C(=O)[C@@H](NC(=O)OC1CCCC1)C(C)(C)C)C(=O)O. The molecule has 3 fully saturated rings. The molecule has 6 rings (SSSR count). The molecular formula is C41H50BrN5O9S. The van der Waals surface area contributed by atoms with E-state index in [1.54, 1.807) is 19.2 Å². The number of nitrogens with zero attached hydrogens (tertiary/aromatic N) is 2. The molecule has 0 radical (unpaired) electrons. The highest BCUT2D eigenvalue weighted by Gasteiger charge is 2.61. The number of benzene rings is 1. The summed E-state index contributed by atoms with van der Waals surface area (Å²) in [6.45, 7) is 12.7. The third-order valence-electron chi connectivity index (χ3n) is 10.9. The first-order valence-electron chi connectivity index (χ1n) is 19.1. The van der Waals surface area contributed by atoms with Gasteiger partial charge in [-0.15, -0.1) is 17.9 Å². The fourth-order valence-corrected chi connectivity index (χ4v) is 8.80. The second-order valence-electron chi connectivity index (χ2n) is 16.4. The molecule has 2 saturated carbocycles. The van der Waals surface area contributed by atoms with Crippen LogP contribution in [0.1, 0.15) is 73.1 Å². The number of carbonyl (C=O) groups is 5. The number of amides is 4. The zero-order valence-electron chi connectivity index (χ0n) is 33.0. The van der Waals surface area contributed by atoms with Gasteiger partial charge in [0.2, 0.25) is 17.7 Å². The monoisotopic (exact) mass is 867 g/mol. The fourth-order valence-electron chi connectivity index (χ4n) is 7.41. The van der Waals surface area contributed by atoms with Gasteiger partial charge in [-0.25, -0.2) is 14.6 Å². The number of hydrogen-bond acceptors (Lipinski definition) is 10. The van der Waals surface area contributed by atoms with Gasteiger partial charge in [0.15, 0.2) is 0 Å². The summed E-state index contributed by atoms with van der Waals surface area (Å²) < 4.78 is 18.5. The molecular weight excluding hydrogens is 818 g/mol. The highest BCUT2D eigenvalue weighted by atomic mass is 79.9. The Morgan fingerprint density at radius 2 is 1.82 bits per heavy atom. The Morgan fingerprint density at radius 1 is 1.11 bits per heavy atom. The maximum Gasteiger partial charge on any atom is 0.408 e. The number of hydrogen-bond donors (Lipinski definition) is 4. The number of ether oxygens (including phenoxy) is 3. The lowest BCUT2D eigenvalue weighted by molar-refractivity contribution is -0.146. The van der Waals surface area contributed by atoms with Crippen molar-refractivity contribution in [2.75, 3.05) is 19.0 Å². The van der Waals surface area contributed by atoms with Crippen LogP contribution in [0.2, 0.25) is 0 Å². The first-order valence-corrected chi connectivity index (χ1v) is 20.8. The average molecular weight is 869 g/mol. The lowest BCUT2D eigenvalue weighted by Crippen LogP contribution is -2.59. The minimum Gasteiger partial charge on any atom is -0.495 e. The Morgan fingerprint density at radius 3 is 2.44 bits per heavy atom. The third kappa shape index (κ3) is 8.91. The number of alkyl carbamates (subject to hydrolysis) is 1. The molecule has 1 unspecified atom stereocenters. The number of halogens is 1. The van der Waals surface area contributed by atoms with Crippen LogP contribution in [0.5, 0.6) is 11.5 Å². The lowest BCUT2D eigenvalue weighted by Gasteiger charge is -2.35. The second-order valence-corrected chi connectivity index (χ2v) is 18.1. The molecule has 57 heavy (non-hydrogen) atoms. The number of aromatic nitrogens is 1. The second kappa shape index (κ2) is 16.6. The average Bonchev–Trinajstić information content (AvgIpc) is 3.57. The van der Waals surface area contributed by atoms with E-state index in [1.807, 2.05) is 52.1 Å². The molecule has 306 valence electrons. The Balaban J connectivity index is 1.34. The number of aliphatic carboxylic acids is 1. The number of thiophene rings is 1. The van der Waals surface area contributed by atoms with Crippen LogP contribution in [0.3, 0.4) is 0 Å². The summed E-state index contributed by atoms with van der Waals surface area (Å²) in [4.78, 5) is 73.1. The molecule has 2 aromatic heterocycles. The predicted molar refractivity (Wildman–Crippen MR) is 219 cm³/mol. The van der Waals surface area contributed by atoms with Crippen LogP contribution in [-0.2, 0) is 23.9 Å². The summed E-state index contributed by atoms with van der Waals surface area (Å²) >= 11 is 5.00. The van der Waals surface area contributed by atoms with Gasteiger partial charge in [0.25, 0.3) is 0 Å². The molecule has 3 aromatic rings. The first-order chi connectivity index (χ1) is 26.9. The van der Waals surface area contributed by atoms with Crippen molar-refractivity contribution in [2.24, 2.45) is 17.3 Å². The van der Waals surface area contributed by atoms with Gasteiger partial charge in [0.1, 0.15) is 41.3 Å². The van der Waals surface area contributed by atoms with Crippen molar-refractivity contribution in [1.82, 2.24) is 20.5 Å². The quantitative estimate of drug-likeness (QED) is 0.132. The van der Waals surface area contributed by atoms with Crippen molar-refractivity contribution in [1.29, 1.82) is 0 Å². The van der Waals surface area contributed by atoms with Gasteiger partial charge in [0.05, 0.1) is 34.3 Å². The number of rotatable bonds is 13. The standard InChI is InChI=1S/C41H50BrN5O9S/c1-8-23-18-41(23,38(51)52)46-36(49)28-16-25(19-47(28)37(50)34(40(4,5)6)45-39(53)56-24-11-9-10-12-24)55-30-17-27(22-15-31(57-20-22)44-35(48)21(2)3)43-33-26(30)13-14-29(54-7)32(33)42/h8,13-15,17,20-21,23-25,28,34H,1,9-12,16,18-19H2,2-7H3,(H,44,48)(H,45,53)(H,46,49)(H,51,52)/t23?,25-,28+,34-,41-/m1/s1. The zero-order chi connectivity index (χ0) is 41.4. The van der Waals surface area contributed by atoms with Gasteiger partial charge < -0.3 is 40.2 Å². The van der Waals surface area contributed by atoms with E-state index in [2.05, 4.69) is 38.5 Å². The first kappa shape index (κ1) is 41.9. The van der Waals surface area contributed by atoms with Gasteiger partial charge >= 0.3 is 12.1 Å². The largest absolute Gasteiger partial charge is 0.495 e. The van der Waals surface area contributed by atoms with E-state index in [-0.39, 0.29) is 37.3 Å². The Hall–Kier alpha value is -4.70. The molecule has 5 atom stereocenters. The number of likely N-dealkylation sites (tertiary alicyclic amines) is 1. The van der Waals surface area contributed by atoms with Crippen molar-refractivity contribution in [3.63, 3.8) is 0 Å². The summed E-state index contributed by atoms with van der Waals surface area (Å²) in [6, 6.07) is 4.96. The van der Waals surface area contributed by atoms with E-state index < -0.39 is 58.9 Å². The number of methoxy groups -OCH3 is 1. The number of carbonyl (C=O) groups excluding carboxylic acids is 4. The number of fused-ring (bicyclic) bond motifs is 1. The van der Waals surface area contributed by atoms with Crippen molar-refractivity contribution in [2.45, 2.75) is 103 Å². The normalized spacial score (nSPS) is 22.5. The minimum absolute atomic E-state index is 0.0235. The van der Waals surface area contributed by atoms with E-state index >= 15 is 0 Å². The van der Waals surface area contributed by atoms with Crippen molar-refractivity contribution in [3.05, 3.63) is 46.8 Å². The van der Waals surface area contributed by atoms with E-state index in [1.165, 1.54) is 22.3 Å². The zero-order valence-corrected chi connectivity index (χ0v) is 35.4. The van der Waals surface area contributed by atoms with Gasteiger partial charge in [-0.05, 0) is 71.6 Å². The molecule has 1 saturated heterocycles. The summed E-state index contributed by atoms with van der Waals surface area (Å²) in [7, 11) is 1.55. The highest BCUT2D eigenvalue weighted by molar-refractivity contribution is 9.10. The van der Waals surface area contributed by atoms with Gasteiger partial charge in [-0.2, -0.15) is 0 Å². The molecule has 3 aliphatic rings. The summed E-state index contributed by atoms with van der Waals surface area (Å²) in [5.74, 6) is -2.20. The number of pyridine rings is 1. The summed E-state index contributed by atoms with van der Waals surface area (Å²) in [6.07, 6.45) is 3.44. The molecule has 14 nitrogen and oxygen atoms in total. The lowest BCUT2D eigenvalue weighted by atomic mass is 9.85. The molecule has 4 N–H and O–H groups in total. The molecule has 1 aliphatic heterocycles. The number of nitrogens with one attached hydrogen (secondary N) is 3. The Bertz CT molecular complexity index is 2080. The van der Waals surface area contributed by atoms with Crippen LogP contribution in [0, 0.1) is 17.3 Å². The molecule has 3 heterocycles. The van der Waals surface area contributed by atoms with E-state index in [4.69, 9.17) is 19.2 Å². The van der Waals surface area contributed by atoms with Gasteiger partial charge in [-0.3, -0.25) is 14.4 Å². The maximum absolute atomic E-state index is 14.6. The molecule has 0 spiro atoms. The maximum atomic E-state index is 14.6. The van der Waals surface area contributed by atoms with Gasteiger partial charge in [0, 0.05) is 40.7 Å². The molecule has 16 heteroatoms. The highest BCUT2D eigenvalue weighted by Crippen LogP contribution is 2.45. The van der Waals surface area contributed by atoms with Crippen LogP contribution in [0.25, 0.3) is 22.2 Å². The number of carboxylic acid groups (broad SMARTS) is 1. The summed E-state index contributed by atoms with van der Waals surface area (Å²) in [5, 5.41) is 21.7. The van der Waals surface area contributed by atoms with Crippen molar-refractivity contribution in [3.8, 4) is 22.8 Å². The van der Waals surface area contributed by atoms with Crippen LogP contribution < -0.4 is 25.4 Å². The van der Waals surface area contributed by atoms with Gasteiger partial charge in [-0.1, -0.05) is 40.7 Å². The van der Waals surface area contributed by atoms with E-state index in [0.29, 0.717) is 37.6 Å². The number of carboxylic acids is 1. The fraction of sp³-hybridized carbons (Fsp3) is 0.512. The molecule has 4 amide bonds. The molecule has 1 aromatic carbocycles. The van der Waals surface area contributed by atoms with Crippen LogP contribution >= 0.6 is 27.3 Å². The third-order valence-corrected chi connectivity index (χ3v) is 12.5. The van der Waals surface area contributed by atoms with Crippen LogP contribution in [0.15, 0.2) is 46.8 Å². The molecule has 0 bridgehead atoms. The van der Waals surface area contributed by atoms with E-state index in [0.717, 1.165) is 31.2 Å². The smallest absolute Gasteiger partial charge is 0.408 e. The minimum atomic E-state index is -1.53. The Kier molecular flexibility index (Phi) is 12.2. The Labute approximate surface area is 344 Å². The number of anilines is 1.